The van der Waals surface area contributed by atoms with E-state index in [-0.39, 0.29) is 6.03 Å². The summed E-state index contributed by atoms with van der Waals surface area (Å²) < 4.78 is 22.5. The normalized spacial score (nSPS) is 13.0. The van der Waals surface area contributed by atoms with Gasteiger partial charge in [-0.25, -0.2) is 4.79 Å². The van der Waals surface area contributed by atoms with Gasteiger partial charge in [0, 0.05) is 56.6 Å². The number of nitriles is 1. The largest absolute Gasteiger partial charge is 0.493 e. The van der Waals surface area contributed by atoms with Gasteiger partial charge < -0.3 is 34.1 Å². The van der Waals surface area contributed by atoms with Gasteiger partial charge in [-0.3, -0.25) is 4.98 Å². The second-order valence-electron chi connectivity index (χ2n) is 10.5. The molecule has 1 aliphatic rings. The van der Waals surface area contributed by atoms with Gasteiger partial charge >= 0.3 is 6.03 Å². The van der Waals surface area contributed by atoms with Crippen LogP contribution in [0.5, 0.6) is 23.0 Å². The number of carbonyl (C=O) groups is 1. The van der Waals surface area contributed by atoms with Crippen LogP contribution < -0.4 is 24.4 Å². The first-order chi connectivity index (χ1) is 22.1. The highest BCUT2D eigenvalue weighted by atomic mass is 16.5. The van der Waals surface area contributed by atoms with Crippen molar-refractivity contribution in [2.45, 2.75) is 0 Å². The number of aromatic nitrogens is 1. The van der Waals surface area contributed by atoms with Crippen molar-refractivity contribution in [1.82, 2.24) is 9.88 Å². The highest BCUT2D eigenvalue weighted by Gasteiger charge is 2.25. The van der Waals surface area contributed by atoms with Crippen molar-refractivity contribution >= 4 is 39.1 Å². The van der Waals surface area contributed by atoms with Crippen LogP contribution in [0.15, 0.2) is 85.1 Å². The van der Waals surface area contributed by atoms with E-state index < -0.39 is 0 Å². The summed E-state index contributed by atoms with van der Waals surface area (Å²) >= 11 is 0. The van der Waals surface area contributed by atoms with Crippen molar-refractivity contribution in [1.29, 1.82) is 5.26 Å². The van der Waals surface area contributed by atoms with Gasteiger partial charge in [0.05, 0.1) is 30.5 Å². The number of carbonyl (C=O) groups excluding carboxylic acids is 1. The number of anilines is 2. The Kier molecular flexibility index (Phi) is 8.80. The van der Waals surface area contributed by atoms with Gasteiger partial charge in [0.15, 0.2) is 11.5 Å². The van der Waals surface area contributed by atoms with Gasteiger partial charge in [0.25, 0.3) is 0 Å². The fourth-order valence-electron chi connectivity index (χ4n) is 5.42. The van der Waals surface area contributed by atoms with Crippen molar-refractivity contribution in [2.24, 2.45) is 0 Å². The first-order valence-electron chi connectivity index (χ1n) is 14.7. The number of pyridine rings is 1. The van der Waals surface area contributed by atoms with E-state index in [1.54, 1.807) is 25.3 Å². The molecule has 4 aromatic carbocycles. The number of amides is 2. The molecule has 5 aromatic rings. The van der Waals surface area contributed by atoms with Crippen LogP contribution in [-0.4, -0.2) is 69.5 Å². The van der Waals surface area contributed by atoms with E-state index in [2.05, 4.69) is 33.4 Å². The fourth-order valence-corrected chi connectivity index (χ4v) is 5.42. The molecular weight excluding hydrogens is 570 g/mol. The molecule has 10 nitrogen and oxygen atoms in total. The predicted molar refractivity (Wildman–Crippen MR) is 174 cm³/mol. The number of nitrogens with zero attached hydrogens (tertiary/aromatic N) is 4. The molecule has 228 valence electrons. The molecule has 1 aliphatic heterocycles. The number of piperazine rings is 1. The SMILES string of the molecule is COCCOc1cc2ncc(C#N)c(N3CCN(C(=O)Nc4ccc(Oc5ccc6ccccc6c5)cc4)CC3)c2cc1OC. The number of ether oxygens (including phenoxy) is 4. The lowest BCUT2D eigenvalue weighted by Gasteiger charge is -2.36. The van der Waals surface area contributed by atoms with E-state index >= 15 is 0 Å². The zero-order valence-electron chi connectivity index (χ0n) is 25.2. The van der Waals surface area contributed by atoms with Gasteiger partial charge in [-0.2, -0.15) is 5.26 Å². The molecule has 1 fully saturated rings. The van der Waals surface area contributed by atoms with Crippen LogP contribution in [-0.2, 0) is 4.74 Å². The lowest BCUT2D eigenvalue weighted by atomic mass is 10.1. The van der Waals surface area contributed by atoms with Crippen LogP contribution in [0.25, 0.3) is 21.7 Å². The zero-order chi connectivity index (χ0) is 31.2. The fraction of sp³-hybridized carbons (Fsp3) is 0.229. The predicted octanol–water partition coefficient (Wildman–Crippen LogP) is 6.44. The molecular formula is C35H33N5O5. The Morgan fingerprint density at radius 3 is 2.38 bits per heavy atom. The monoisotopic (exact) mass is 603 g/mol. The Morgan fingerprint density at radius 2 is 1.64 bits per heavy atom. The number of hydrogen-bond acceptors (Lipinski definition) is 8. The second kappa shape index (κ2) is 13.4. The van der Waals surface area contributed by atoms with E-state index in [0.717, 1.165) is 27.6 Å². The highest BCUT2D eigenvalue weighted by molar-refractivity contribution is 5.97. The van der Waals surface area contributed by atoms with Crippen LogP contribution in [0.2, 0.25) is 0 Å². The molecule has 45 heavy (non-hydrogen) atoms. The third-order valence-electron chi connectivity index (χ3n) is 7.74. The van der Waals surface area contributed by atoms with E-state index in [1.807, 2.05) is 66.7 Å². The molecule has 1 N–H and O–H groups in total. The molecule has 1 saturated heterocycles. The molecule has 1 aromatic heterocycles. The Bertz CT molecular complexity index is 1860. The van der Waals surface area contributed by atoms with Gasteiger partial charge in [-0.15, -0.1) is 0 Å². The summed E-state index contributed by atoms with van der Waals surface area (Å²) in [5, 5.41) is 15.9. The molecule has 6 rings (SSSR count). The summed E-state index contributed by atoms with van der Waals surface area (Å²) in [6.07, 6.45) is 1.58. The van der Waals surface area contributed by atoms with Crippen molar-refractivity contribution in [3.63, 3.8) is 0 Å². The summed E-state index contributed by atoms with van der Waals surface area (Å²) in [5.41, 5.74) is 2.59. The molecule has 10 heteroatoms. The summed E-state index contributed by atoms with van der Waals surface area (Å²) in [5.74, 6) is 2.53. The van der Waals surface area contributed by atoms with Gasteiger partial charge in [-0.05, 0) is 53.2 Å². The molecule has 0 atom stereocenters. The number of urea groups is 1. The quantitative estimate of drug-likeness (QED) is 0.192. The van der Waals surface area contributed by atoms with Crippen LogP contribution in [0.3, 0.4) is 0 Å². The minimum atomic E-state index is -0.183. The van der Waals surface area contributed by atoms with Crippen molar-refractivity contribution < 1.29 is 23.7 Å². The first-order valence-corrected chi connectivity index (χ1v) is 14.7. The van der Waals surface area contributed by atoms with Crippen LogP contribution in [0, 0.1) is 11.3 Å². The second-order valence-corrected chi connectivity index (χ2v) is 10.5. The maximum Gasteiger partial charge on any atom is 0.321 e. The van der Waals surface area contributed by atoms with E-state index in [9.17, 15) is 10.1 Å². The molecule has 0 radical (unpaired) electrons. The molecule has 0 bridgehead atoms. The van der Waals surface area contributed by atoms with Crippen molar-refractivity contribution in [3.8, 4) is 29.1 Å². The topological polar surface area (TPSA) is 109 Å². The van der Waals surface area contributed by atoms with E-state index in [1.165, 1.54) is 0 Å². The Labute approximate surface area is 261 Å². The van der Waals surface area contributed by atoms with Crippen LogP contribution >= 0.6 is 0 Å². The number of benzene rings is 4. The summed E-state index contributed by atoms with van der Waals surface area (Å²) in [6.45, 7) is 2.88. The zero-order valence-corrected chi connectivity index (χ0v) is 25.2. The lowest BCUT2D eigenvalue weighted by Crippen LogP contribution is -2.50. The number of methoxy groups -OCH3 is 2. The first kappa shape index (κ1) is 29.5. The Morgan fingerprint density at radius 1 is 0.889 bits per heavy atom. The molecule has 2 heterocycles. The number of fused-ring (bicyclic) bond motifs is 2. The molecule has 0 unspecified atom stereocenters. The van der Waals surface area contributed by atoms with E-state index in [4.69, 9.17) is 18.9 Å². The maximum absolute atomic E-state index is 13.1. The molecule has 0 aliphatic carbocycles. The van der Waals surface area contributed by atoms with Gasteiger partial charge in [0.2, 0.25) is 0 Å². The summed E-state index contributed by atoms with van der Waals surface area (Å²) in [4.78, 5) is 21.5. The third kappa shape index (κ3) is 6.54. The average Bonchev–Trinajstić information content (AvgIpc) is 3.08. The number of nitrogens with one attached hydrogen (secondary N) is 1. The minimum absolute atomic E-state index is 0.183. The average molecular weight is 604 g/mol. The van der Waals surface area contributed by atoms with Crippen LogP contribution in [0.1, 0.15) is 5.56 Å². The summed E-state index contributed by atoms with van der Waals surface area (Å²) in [7, 11) is 3.19. The standard InChI is InChI=1S/C35H33N5O5/c1-42-17-18-44-33-21-31-30(20-32(33)43-2)34(26(22-36)23-37-31)39-13-15-40(16-14-39)35(41)38-27-8-11-28(12-9-27)45-29-10-7-24-5-3-4-6-25(24)19-29/h3-12,19-21,23H,13-18H2,1-2H3,(H,38,41). The highest BCUT2D eigenvalue weighted by Crippen LogP contribution is 2.38. The van der Waals surface area contributed by atoms with Gasteiger partial charge in [-0.1, -0.05) is 30.3 Å². The van der Waals surface area contributed by atoms with Crippen molar-refractivity contribution in [2.75, 3.05) is 63.8 Å². The van der Waals surface area contributed by atoms with Gasteiger partial charge in [0.1, 0.15) is 24.2 Å². The molecule has 0 saturated carbocycles. The smallest absolute Gasteiger partial charge is 0.321 e. The Hall–Kier alpha value is -5.53. The maximum atomic E-state index is 13.1. The molecule has 0 spiro atoms. The number of hydrogen-bond donors (Lipinski definition) is 1. The lowest BCUT2D eigenvalue weighted by molar-refractivity contribution is 0.144. The van der Waals surface area contributed by atoms with E-state index in [0.29, 0.717) is 73.4 Å². The Balaban J connectivity index is 1.10. The van der Waals surface area contributed by atoms with Crippen molar-refractivity contribution in [3.05, 3.63) is 90.6 Å². The summed E-state index contributed by atoms with van der Waals surface area (Å²) in [6, 6.07) is 27.2. The minimum Gasteiger partial charge on any atom is -0.493 e. The number of rotatable bonds is 9. The van der Waals surface area contributed by atoms with Crippen LogP contribution in [0.4, 0.5) is 16.2 Å². The molecule has 2 amide bonds. The third-order valence-corrected chi connectivity index (χ3v) is 7.74.